The topological polar surface area (TPSA) is 83.7 Å². The van der Waals surface area contributed by atoms with Gasteiger partial charge in [-0.3, -0.25) is 9.69 Å². The highest BCUT2D eigenvalue weighted by atomic mass is 35.5. The Morgan fingerprint density at radius 3 is 2.50 bits per heavy atom. The summed E-state index contributed by atoms with van der Waals surface area (Å²) in [5, 5.41) is 0. The van der Waals surface area contributed by atoms with Crippen molar-refractivity contribution in [3.05, 3.63) is 35.4 Å². The van der Waals surface area contributed by atoms with E-state index in [4.69, 9.17) is 5.73 Å². The molecular formula is C19H31Cl2N3O3S. The standard InChI is InChI=1S/C19H29N3O3S.2ClH/c1-15-5-6-22(18(11-15)13-20)19(23)17-4-2-3-16(12-17)14-21-7-9-26(24,25)10-8-21;;/h2-4,12,15,18H,5-11,13-14,20H2,1H3;2*1H. The smallest absolute Gasteiger partial charge is 0.254 e. The molecule has 2 heterocycles. The quantitative estimate of drug-likeness (QED) is 0.755. The van der Waals surface area contributed by atoms with Crippen molar-refractivity contribution in [2.45, 2.75) is 32.4 Å². The summed E-state index contributed by atoms with van der Waals surface area (Å²) in [6.45, 7) is 5.26. The van der Waals surface area contributed by atoms with Crippen LogP contribution in [0.3, 0.4) is 0 Å². The molecule has 2 N–H and O–H groups in total. The number of piperidine rings is 1. The fraction of sp³-hybridized carbons (Fsp3) is 0.632. The van der Waals surface area contributed by atoms with Crippen molar-refractivity contribution in [3.8, 4) is 0 Å². The lowest BCUT2D eigenvalue weighted by atomic mass is 9.91. The average Bonchev–Trinajstić information content (AvgIpc) is 2.63. The second-order valence-corrected chi connectivity index (χ2v) is 9.95. The van der Waals surface area contributed by atoms with Crippen LogP contribution in [0.5, 0.6) is 0 Å². The minimum Gasteiger partial charge on any atom is -0.334 e. The highest BCUT2D eigenvalue weighted by molar-refractivity contribution is 7.91. The normalized spacial score (nSPS) is 24.7. The number of carbonyl (C=O) groups is 1. The maximum Gasteiger partial charge on any atom is 0.254 e. The molecule has 2 unspecified atom stereocenters. The molecule has 160 valence electrons. The van der Waals surface area contributed by atoms with Gasteiger partial charge in [0.25, 0.3) is 5.91 Å². The average molecular weight is 452 g/mol. The first-order chi connectivity index (χ1) is 12.4. The number of halogens is 2. The minimum absolute atomic E-state index is 0. The van der Waals surface area contributed by atoms with E-state index in [-0.39, 0.29) is 48.3 Å². The van der Waals surface area contributed by atoms with Crippen LogP contribution in [0.15, 0.2) is 24.3 Å². The number of benzene rings is 1. The summed E-state index contributed by atoms with van der Waals surface area (Å²) in [6.07, 6.45) is 1.98. The third-order valence-electron chi connectivity index (χ3n) is 5.53. The fourth-order valence-electron chi connectivity index (χ4n) is 3.88. The maximum absolute atomic E-state index is 13.0. The zero-order valence-corrected chi connectivity index (χ0v) is 18.7. The van der Waals surface area contributed by atoms with Gasteiger partial charge in [0.05, 0.1) is 11.5 Å². The molecule has 1 aromatic rings. The monoisotopic (exact) mass is 451 g/mol. The first-order valence-corrected chi connectivity index (χ1v) is 11.2. The van der Waals surface area contributed by atoms with E-state index in [1.165, 1.54) is 0 Å². The molecule has 2 saturated heterocycles. The molecular weight excluding hydrogens is 421 g/mol. The minimum atomic E-state index is -2.87. The van der Waals surface area contributed by atoms with Crippen LogP contribution in [0.25, 0.3) is 0 Å². The lowest BCUT2D eigenvalue weighted by Crippen LogP contribution is -2.49. The van der Waals surface area contributed by atoms with Crippen LogP contribution in [-0.2, 0) is 16.4 Å². The molecule has 2 aliphatic heterocycles. The summed E-state index contributed by atoms with van der Waals surface area (Å²) in [5.41, 5.74) is 7.64. The molecule has 28 heavy (non-hydrogen) atoms. The van der Waals surface area contributed by atoms with Gasteiger partial charge in [-0.25, -0.2) is 8.42 Å². The Hall–Kier alpha value is -0.860. The molecule has 2 aliphatic rings. The first-order valence-electron chi connectivity index (χ1n) is 9.41. The van der Waals surface area contributed by atoms with E-state index < -0.39 is 9.84 Å². The zero-order valence-electron chi connectivity index (χ0n) is 16.2. The van der Waals surface area contributed by atoms with Crippen LogP contribution in [-0.4, -0.2) is 67.9 Å². The summed E-state index contributed by atoms with van der Waals surface area (Å²) in [6, 6.07) is 7.82. The number of rotatable bonds is 4. The number of hydrogen-bond donors (Lipinski definition) is 1. The van der Waals surface area contributed by atoms with Crippen LogP contribution in [0, 0.1) is 5.92 Å². The molecule has 9 heteroatoms. The van der Waals surface area contributed by atoms with Crippen molar-refractivity contribution >= 4 is 40.6 Å². The van der Waals surface area contributed by atoms with Crippen molar-refractivity contribution < 1.29 is 13.2 Å². The van der Waals surface area contributed by atoms with Crippen molar-refractivity contribution in [2.24, 2.45) is 11.7 Å². The largest absolute Gasteiger partial charge is 0.334 e. The Labute approximate surface area is 180 Å². The summed E-state index contributed by atoms with van der Waals surface area (Å²) < 4.78 is 23.1. The van der Waals surface area contributed by atoms with Gasteiger partial charge in [0.15, 0.2) is 9.84 Å². The Kier molecular flexibility index (Phi) is 9.70. The third-order valence-corrected chi connectivity index (χ3v) is 7.14. The number of carbonyl (C=O) groups excluding carboxylic acids is 1. The number of amides is 1. The van der Waals surface area contributed by atoms with Crippen molar-refractivity contribution in [3.63, 3.8) is 0 Å². The van der Waals surface area contributed by atoms with Gasteiger partial charge >= 0.3 is 0 Å². The highest BCUT2D eigenvalue weighted by Crippen LogP contribution is 2.24. The van der Waals surface area contributed by atoms with Crippen LogP contribution >= 0.6 is 24.8 Å². The predicted molar refractivity (Wildman–Crippen MR) is 117 cm³/mol. The predicted octanol–water partition coefficient (Wildman–Crippen LogP) is 1.96. The van der Waals surface area contributed by atoms with Gasteiger partial charge in [-0.1, -0.05) is 19.1 Å². The zero-order chi connectivity index (χ0) is 18.7. The van der Waals surface area contributed by atoms with Crippen molar-refractivity contribution in [1.29, 1.82) is 0 Å². The second-order valence-electron chi connectivity index (χ2n) is 7.65. The molecule has 0 saturated carbocycles. The molecule has 1 amide bonds. The van der Waals surface area contributed by atoms with Crippen LogP contribution in [0.1, 0.15) is 35.7 Å². The number of likely N-dealkylation sites (tertiary alicyclic amines) is 1. The summed E-state index contributed by atoms with van der Waals surface area (Å²) >= 11 is 0. The molecule has 0 aliphatic carbocycles. The molecule has 0 spiro atoms. The summed E-state index contributed by atoms with van der Waals surface area (Å²) in [4.78, 5) is 17.0. The number of hydrogen-bond acceptors (Lipinski definition) is 5. The molecule has 3 rings (SSSR count). The molecule has 2 atom stereocenters. The van der Waals surface area contributed by atoms with Gasteiger partial charge in [-0.2, -0.15) is 0 Å². The molecule has 1 aromatic carbocycles. The molecule has 2 fully saturated rings. The van der Waals surface area contributed by atoms with Crippen LogP contribution in [0.2, 0.25) is 0 Å². The van der Waals surface area contributed by atoms with E-state index in [9.17, 15) is 13.2 Å². The first kappa shape index (κ1) is 25.2. The van der Waals surface area contributed by atoms with E-state index in [0.717, 1.165) is 24.9 Å². The van der Waals surface area contributed by atoms with Gasteiger partial charge in [0, 0.05) is 44.3 Å². The lowest BCUT2D eigenvalue weighted by Gasteiger charge is -2.38. The molecule has 0 radical (unpaired) electrons. The second kappa shape index (κ2) is 10.8. The Balaban J connectivity index is 0.00000196. The number of nitrogens with zero attached hydrogens (tertiary/aromatic N) is 2. The molecule has 6 nitrogen and oxygen atoms in total. The third kappa shape index (κ3) is 6.32. The maximum atomic E-state index is 13.0. The summed E-state index contributed by atoms with van der Waals surface area (Å²) in [5.74, 6) is 1.09. The van der Waals surface area contributed by atoms with E-state index in [1.807, 2.05) is 29.2 Å². The fourth-order valence-corrected chi connectivity index (χ4v) is 5.15. The van der Waals surface area contributed by atoms with Crippen LogP contribution < -0.4 is 5.73 Å². The van der Waals surface area contributed by atoms with Crippen molar-refractivity contribution in [2.75, 3.05) is 37.7 Å². The van der Waals surface area contributed by atoms with Gasteiger partial charge in [-0.15, -0.1) is 24.8 Å². The van der Waals surface area contributed by atoms with Gasteiger partial charge in [0.2, 0.25) is 0 Å². The van der Waals surface area contributed by atoms with E-state index in [1.54, 1.807) is 0 Å². The Morgan fingerprint density at radius 1 is 1.18 bits per heavy atom. The van der Waals surface area contributed by atoms with E-state index >= 15 is 0 Å². The van der Waals surface area contributed by atoms with E-state index in [0.29, 0.717) is 37.7 Å². The van der Waals surface area contributed by atoms with E-state index in [2.05, 4.69) is 11.8 Å². The Morgan fingerprint density at radius 2 is 1.86 bits per heavy atom. The lowest BCUT2D eigenvalue weighted by molar-refractivity contribution is 0.0573. The van der Waals surface area contributed by atoms with Crippen molar-refractivity contribution in [1.82, 2.24) is 9.80 Å². The van der Waals surface area contributed by atoms with Gasteiger partial charge in [0.1, 0.15) is 0 Å². The van der Waals surface area contributed by atoms with Gasteiger partial charge < -0.3 is 10.6 Å². The number of nitrogens with two attached hydrogens (primary N) is 1. The molecule has 0 aromatic heterocycles. The van der Waals surface area contributed by atoms with Crippen LogP contribution in [0.4, 0.5) is 0 Å². The highest BCUT2D eigenvalue weighted by Gasteiger charge is 2.29. The molecule has 0 bridgehead atoms. The van der Waals surface area contributed by atoms with Gasteiger partial charge in [-0.05, 0) is 36.5 Å². The summed E-state index contributed by atoms with van der Waals surface area (Å²) in [7, 11) is -2.87. The number of sulfone groups is 1. The Bertz CT molecular complexity index is 747. The SMILES string of the molecule is CC1CCN(C(=O)c2cccc(CN3CCS(=O)(=O)CC3)c2)C(CN)C1.Cl.Cl.